The first kappa shape index (κ1) is 16.0. The van der Waals surface area contributed by atoms with Gasteiger partial charge in [0, 0.05) is 26.6 Å². The van der Waals surface area contributed by atoms with Crippen molar-refractivity contribution < 1.29 is 9.59 Å². The number of carbonyl (C=O) groups excluding carboxylic acids is 2. The van der Waals surface area contributed by atoms with Crippen molar-refractivity contribution in [2.24, 2.45) is 11.1 Å². The van der Waals surface area contributed by atoms with Crippen LogP contribution in [-0.2, 0) is 9.59 Å². The number of nitrogens with one attached hydrogen (secondary N) is 1. The van der Waals surface area contributed by atoms with Crippen LogP contribution in [0, 0.1) is 5.41 Å². The average molecular weight is 269 g/mol. The van der Waals surface area contributed by atoms with Gasteiger partial charge in [-0.2, -0.15) is 0 Å². The molecule has 0 radical (unpaired) electrons. The molecule has 1 heterocycles. The van der Waals surface area contributed by atoms with Crippen LogP contribution in [0.3, 0.4) is 0 Å². The van der Waals surface area contributed by atoms with Crippen molar-refractivity contribution in [1.29, 1.82) is 0 Å². The molecular formula is C14H27N3O2. The lowest BCUT2D eigenvalue weighted by molar-refractivity contribution is -0.132. The van der Waals surface area contributed by atoms with Crippen LogP contribution in [0.1, 0.15) is 45.4 Å². The first-order valence-electron chi connectivity index (χ1n) is 7.23. The van der Waals surface area contributed by atoms with Gasteiger partial charge in [-0.25, -0.2) is 0 Å². The molecule has 5 nitrogen and oxygen atoms in total. The monoisotopic (exact) mass is 269 g/mol. The van der Waals surface area contributed by atoms with E-state index in [1.165, 1.54) is 0 Å². The molecule has 1 aliphatic heterocycles. The van der Waals surface area contributed by atoms with Crippen LogP contribution in [0.25, 0.3) is 0 Å². The van der Waals surface area contributed by atoms with Crippen LogP contribution in [0.4, 0.5) is 0 Å². The minimum Gasteiger partial charge on any atom is -0.359 e. The van der Waals surface area contributed by atoms with Crippen molar-refractivity contribution >= 4 is 11.8 Å². The summed E-state index contributed by atoms with van der Waals surface area (Å²) in [7, 11) is 1.65. The van der Waals surface area contributed by atoms with Crippen LogP contribution in [0.2, 0.25) is 0 Å². The van der Waals surface area contributed by atoms with E-state index in [9.17, 15) is 9.59 Å². The Bertz CT molecular complexity index is 320. The van der Waals surface area contributed by atoms with Gasteiger partial charge >= 0.3 is 0 Å². The smallest absolute Gasteiger partial charge is 0.227 e. The Morgan fingerprint density at radius 3 is 2.58 bits per heavy atom. The van der Waals surface area contributed by atoms with E-state index in [2.05, 4.69) is 5.32 Å². The molecular weight excluding hydrogens is 242 g/mol. The van der Waals surface area contributed by atoms with Gasteiger partial charge in [-0.05, 0) is 32.7 Å². The second-order valence-corrected chi connectivity index (χ2v) is 5.66. The molecule has 1 atom stereocenters. The highest BCUT2D eigenvalue weighted by Crippen LogP contribution is 2.30. The Balaban J connectivity index is 2.30. The quantitative estimate of drug-likeness (QED) is 0.674. The number of amides is 2. The van der Waals surface area contributed by atoms with E-state index in [1.807, 2.05) is 11.8 Å². The number of nitrogens with zero attached hydrogens (tertiary/aromatic N) is 1. The van der Waals surface area contributed by atoms with Crippen molar-refractivity contribution in [3.8, 4) is 0 Å². The molecule has 0 aromatic rings. The maximum absolute atomic E-state index is 12.0. The predicted molar refractivity (Wildman–Crippen MR) is 75.5 cm³/mol. The number of nitrogens with two attached hydrogens (primary N) is 1. The molecule has 2 amide bonds. The zero-order valence-corrected chi connectivity index (χ0v) is 12.2. The highest BCUT2D eigenvalue weighted by atomic mass is 16.2. The third kappa shape index (κ3) is 4.49. The number of hydrogen-bond donors (Lipinski definition) is 2. The number of rotatable bonds is 7. The summed E-state index contributed by atoms with van der Waals surface area (Å²) in [5.74, 6) is 0.214. The van der Waals surface area contributed by atoms with E-state index in [0.717, 1.165) is 38.6 Å². The van der Waals surface area contributed by atoms with Gasteiger partial charge in [-0.15, -0.1) is 0 Å². The van der Waals surface area contributed by atoms with Gasteiger partial charge < -0.3 is 16.0 Å². The molecule has 0 aromatic heterocycles. The summed E-state index contributed by atoms with van der Waals surface area (Å²) >= 11 is 0. The molecule has 0 saturated carbocycles. The summed E-state index contributed by atoms with van der Waals surface area (Å²) in [6, 6.07) is 0. The van der Waals surface area contributed by atoms with E-state index in [1.54, 1.807) is 7.05 Å². The van der Waals surface area contributed by atoms with Crippen molar-refractivity contribution in [1.82, 2.24) is 10.2 Å². The third-order valence-electron chi connectivity index (χ3n) is 3.95. The van der Waals surface area contributed by atoms with Gasteiger partial charge in [0.25, 0.3) is 0 Å². The molecule has 3 N–H and O–H groups in total. The summed E-state index contributed by atoms with van der Waals surface area (Å²) in [4.78, 5) is 25.7. The SMILES string of the molecule is CNC(=O)C1(C)CCN(C(=O)CCCCCCN)C1. The molecule has 110 valence electrons. The minimum atomic E-state index is -0.413. The summed E-state index contributed by atoms with van der Waals surface area (Å²) < 4.78 is 0. The number of unbranched alkanes of at least 4 members (excludes halogenated alkanes) is 3. The van der Waals surface area contributed by atoms with Gasteiger partial charge in [-0.1, -0.05) is 12.8 Å². The molecule has 19 heavy (non-hydrogen) atoms. The van der Waals surface area contributed by atoms with Crippen molar-refractivity contribution in [3.05, 3.63) is 0 Å². The molecule has 1 fully saturated rings. The van der Waals surface area contributed by atoms with Crippen LogP contribution in [-0.4, -0.2) is 43.4 Å². The Labute approximate surface area is 115 Å². The summed E-state index contributed by atoms with van der Waals surface area (Å²) in [6.45, 7) is 3.91. The molecule has 1 rings (SSSR count). The molecule has 5 heteroatoms. The summed E-state index contributed by atoms with van der Waals surface area (Å²) in [6.07, 6.45) is 5.46. The zero-order valence-electron chi connectivity index (χ0n) is 12.2. The molecule has 1 saturated heterocycles. The van der Waals surface area contributed by atoms with Crippen molar-refractivity contribution in [2.75, 3.05) is 26.7 Å². The fourth-order valence-electron chi connectivity index (χ4n) is 2.59. The van der Waals surface area contributed by atoms with Crippen LogP contribution >= 0.6 is 0 Å². The van der Waals surface area contributed by atoms with E-state index in [0.29, 0.717) is 19.5 Å². The van der Waals surface area contributed by atoms with Gasteiger partial charge in [0.15, 0.2) is 0 Å². The van der Waals surface area contributed by atoms with Gasteiger partial charge in [-0.3, -0.25) is 9.59 Å². The molecule has 0 bridgehead atoms. The number of carbonyl (C=O) groups is 2. The van der Waals surface area contributed by atoms with E-state index in [-0.39, 0.29) is 11.8 Å². The Hall–Kier alpha value is -1.10. The summed E-state index contributed by atoms with van der Waals surface area (Å²) in [5.41, 5.74) is 5.02. The Morgan fingerprint density at radius 2 is 1.95 bits per heavy atom. The van der Waals surface area contributed by atoms with Crippen molar-refractivity contribution in [2.45, 2.75) is 45.4 Å². The average Bonchev–Trinajstić information content (AvgIpc) is 2.81. The Morgan fingerprint density at radius 1 is 1.26 bits per heavy atom. The molecule has 0 spiro atoms. The molecule has 1 aliphatic rings. The highest BCUT2D eigenvalue weighted by molar-refractivity contribution is 5.84. The van der Waals surface area contributed by atoms with E-state index in [4.69, 9.17) is 5.73 Å². The normalized spacial score (nSPS) is 22.6. The predicted octanol–water partition coefficient (Wildman–Crippen LogP) is 0.880. The summed E-state index contributed by atoms with van der Waals surface area (Å²) in [5, 5.41) is 2.68. The minimum absolute atomic E-state index is 0.0331. The first-order chi connectivity index (χ1) is 9.03. The second kappa shape index (κ2) is 7.48. The maximum Gasteiger partial charge on any atom is 0.227 e. The molecule has 1 unspecified atom stereocenters. The van der Waals surface area contributed by atoms with E-state index >= 15 is 0 Å². The van der Waals surface area contributed by atoms with Crippen LogP contribution in [0.15, 0.2) is 0 Å². The van der Waals surface area contributed by atoms with Gasteiger partial charge in [0.2, 0.25) is 11.8 Å². The second-order valence-electron chi connectivity index (χ2n) is 5.66. The van der Waals surface area contributed by atoms with Gasteiger partial charge in [0.05, 0.1) is 5.41 Å². The van der Waals surface area contributed by atoms with E-state index < -0.39 is 5.41 Å². The van der Waals surface area contributed by atoms with Gasteiger partial charge in [0.1, 0.15) is 0 Å². The standard InChI is InChI=1S/C14H27N3O2/c1-14(13(19)16-2)8-10-17(11-14)12(18)7-5-3-4-6-9-15/h3-11,15H2,1-2H3,(H,16,19). The fourth-order valence-corrected chi connectivity index (χ4v) is 2.59. The lowest BCUT2D eigenvalue weighted by Gasteiger charge is -2.22. The third-order valence-corrected chi connectivity index (χ3v) is 3.95. The highest BCUT2D eigenvalue weighted by Gasteiger charge is 2.41. The zero-order chi connectivity index (χ0) is 14.3. The largest absolute Gasteiger partial charge is 0.359 e. The lowest BCUT2D eigenvalue weighted by atomic mass is 9.89. The maximum atomic E-state index is 12.0. The van der Waals surface area contributed by atoms with Crippen LogP contribution in [0.5, 0.6) is 0 Å². The fraction of sp³-hybridized carbons (Fsp3) is 0.857. The Kier molecular flexibility index (Phi) is 6.28. The molecule has 0 aliphatic carbocycles. The number of hydrogen-bond acceptors (Lipinski definition) is 3. The lowest BCUT2D eigenvalue weighted by Crippen LogP contribution is -2.40. The number of likely N-dealkylation sites (tertiary alicyclic amines) is 1. The topological polar surface area (TPSA) is 75.4 Å². The molecule has 0 aromatic carbocycles. The first-order valence-corrected chi connectivity index (χ1v) is 7.23. The van der Waals surface area contributed by atoms with Crippen LogP contribution < -0.4 is 11.1 Å². The van der Waals surface area contributed by atoms with Crippen molar-refractivity contribution in [3.63, 3.8) is 0 Å².